The minimum Gasteiger partial charge on any atom is -0.338 e. The van der Waals surface area contributed by atoms with Crippen molar-refractivity contribution in [1.29, 1.82) is 0 Å². The molecule has 2 aliphatic heterocycles. The van der Waals surface area contributed by atoms with E-state index in [0.29, 0.717) is 17.9 Å². The van der Waals surface area contributed by atoms with Gasteiger partial charge in [-0.15, -0.1) is 0 Å². The molecule has 6 rings (SSSR count). The molecule has 206 valence electrons. The van der Waals surface area contributed by atoms with E-state index in [1.54, 1.807) is 12.1 Å². The normalized spacial score (nSPS) is 21.7. The Bertz CT molecular complexity index is 1220. The first-order valence-electron chi connectivity index (χ1n) is 14.9. The molecule has 1 amide bonds. The molecule has 1 unspecified atom stereocenters. The fraction of sp³-hybridized carbons (Fsp3) is 0.471. The number of fused-ring (bicyclic) bond motifs is 1. The molecule has 1 aromatic heterocycles. The summed E-state index contributed by atoms with van der Waals surface area (Å²) in [6.07, 6.45) is 11.2. The number of pyridine rings is 1. The molecule has 2 atom stereocenters. The number of benzene rings is 2. The maximum absolute atomic E-state index is 13.5. The summed E-state index contributed by atoms with van der Waals surface area (Å²) in [6, 6.07) is 18.3. The van der Waals surface area contributed by atoms with E-state index in [1.165, 1.54) is 28.7 Å². The van der Waals surface area contributed by atoms with Crippen LogP contribution < -0.4 is 0 Å². The zero-order valence-corrected chi connectivity index (χ0v) is 23.5. The van der Waals surface area contributed by atoms with E-state index in [0.717, 1.165) is 70.3 Å². The van der Waals surface area contributed by atoms with Gasteiger partial charge in [-0.1, -0.05) is 44.5 Å². The van der Waals surface area contributed by atoms with E-state index in [2.05, 4.69) is 46.8 Å². The van der Waals surface area contributed by atoms with Crippen molar-refractivity contribution in [2.75, 3.05) is 19.6 Å². The average Bonchev–Trinajstić information content (AvgIpc) is 3.48. The summed E-state index contributed by atoms with van der Waals surface area (Å²) in [5, 5.41) is 0. The summed E-state index contributed by atoms with van der Waals surface area (Å²) in [6.45, 7) is 7.94. The maximum Gasteiger partial charge on any atom is 0.226 e. The van der Waals surface area contributed by atoms with Crippen molar-refractivity contribution in [3.8, 4) is 11.1 Å². The molecule has 3 aliphatic rings. The van der Waals surface area contributed by atoms with Gasteiger partial charge in [-0.25, -0.2) is 4.39 Å². The van der Waals surface area contributed by atoms with Gasteiger partial charge in [0.1, 0.15) is 5.82 Å². The maximum atomic E-state index is 13.5. The Labute approximate surface area is 233 Å². The number of piperidine rings is 1. The van der Waals surface area contributed by atoms with E-state index < -0.39 is 0 Å². The predicted molar refractivity (Wildman–Crippen MR) is 156 cm³/mol. The highest BCUT2D eigenvalue weighted by molar-refractivity contribution is 5.79. The van der Waals surface area contributed by atoms with Crippen molar-refractivity contribution in [2.45, 2.75) is 77.3 Å². The topological polar surface area (TPSA) is 36.4 Å². The number of nitrogens with zero attached hydrogens (tertiary/aromatic N) is 3. The molecule has 0 spiro atoms. The van der Waals surface area contributed by atoms with Gasteiger partial charge in [0.15, 0.2) is 0 Å². The zero-order valence-electron chi connectivity index (χ0n) is 23.5. The second kappa shape index (κ2) is 12.9. The number of aromatic nitrogens is 1. The van der Waals surface area contributed by atoms with Gasteiger partial charge in [0.05, 0.1) is 0 Å². The van der Waals surface area contributed by atoms with Crippen LogP contribution in [0.1, 0.15) is 75.0 Å². The Morgan fingerprint density at radius 2 is 1.59 bits per heavy atom. The summed E-state index contributed by atoms with van der Waals surface area (Å²) < 4.78 is 13.3. The number of amides is 1. The van der Waals surface area contributed by atoms with Gasteiger partial charge in [0.25, 0.3) is 0 Å². The van der Waals surface area contributed by atoms with Crippen LogP contribution in [0.5, 0.6) is 0 Å². The Kier molecular flexibility index (Phi) is 9.08. The van der Waals surface area contributed by atoms with Gasteiger partial charge in [0.2, 0.25) is 5.91 Å². The van der Waals surface area contributed by atoms with Crippen LogP contribution in [0.4, 0.5) is 4.39 Å². The molecule has 39 heavy (non-hydrogen) atoms. The van der Waals surface area contributed by atoms with E-state index >= 15 is 0 Å². The lowest BCUT2D eigenvalue weighted by atomic mass is 9.88. The summed E-state index contributed by atoms with van der Waals surface area (Å²) >= 11 is 0. The van der Waals surface area contributed by atoms with Crippen LogP contribution in [0.15, 0.2) is 67.0 Å². The summed E-state index contributed by atoms with van der Waals surface area (Å²) in [4.78, 5) is 22.4. The first-order valence-corrected chi connectivity index (χ1v) is 14.9. The average molecular weight is 528 g/mol. The number of rotatable bonds is 4. The second-order valence-electron chi connectivity index (χ2n) is 11.5. The fourth-order valence-corrected chi connectivity index (χ4v) is 6.57. The van der Waals surface area contributed by atoms with Crippen molar-refractivity contribution in [3.05, 3.63) is 89.5 Å². The highest BCUT2D eigenvalue weighted by atomic mass is 19.1. The van der Waals surface area contributed by atoms with E-state index in [-0.39, 0.29) is 11.7 Å². The summed E-state index contributed by atoms with van der Waals surface area (Å²) in [5.41, 5.74) is 6.26. The van der Waals surface area contributed by atoms with Gasteiger partial charge < -0.3 is 9.80 Å². The molecule has 0 N–H and O–H groups in total. The first-order chi connectivity index (χ1) is 19.1. The van der Waals surface area contributed by atoms with Crippen molar-refractivity contribution in [2.24, 2.45) is 5.92 Å². The molecule has 5 heteroatoms. The van der Waals surface area contributed by atoms with Crippen LogP contribution in [0.3, 0.4) is 0 Å². The van der Waals surface area contributed by atoms with E-state index in [4.69, 9.17) is 0 Å². The minimum atomic E-state index is -0.163. The number of likely N-dealkylation sites (tertiary alicyclic amines) is 1. The van der Waals surface area contributed by atoms with Crippen LogP contribution in [-0.4, -0.2) is 46.4 Å². The van der Waals surface area contributed by atoms with Crippen molar-refractivity contribution in [1.82, 2.24) is 14.8 Å². The van der Waals surface area contributed by atoms with E-state index in [9.17, 15) is 9.18 Å². The van der Waals surface area contributed by atoms with E-state index in [1.807, 2.05) is 36.7 Å². The first kappa shape index (κ1) is 27.5. The molecule has 2 fully saturated rings. The summed E-state index contributed by atoms with van der Waals surface area (Å²) in [5.74, 6) is 0.851. The number of carbonyl (C=O) groups is 1. The largest absolute Gasteiger partial charge is 0.338 e. The molecule has 1 saturated carbocycles. The highest BCUT2D eigenvalue weighted by Crippen LogP contribution is 2.36. The van der Waals surface area contributed by atoms with Gasteiger partial charge in [0, 0.05) is 37.4 Å². The van der Waals surface area contributed by atoms with Crippen LogP contribution in [0.2, 0.25) is 0 Å². The number of carbonyl (C=O) groups excluding carboxylic acids is 1. The number of hydrogen-bond donors (Lipinski definition) is 0. The molecular formula is C34H42FN3O. The molecule has 4 nitrogen and oxygen atoms in total. The third kappa shape index (κ3) is 6.58. The highest BCUT2D eigenvalue weighted by Gasteiger charge is 2.37. The Morgan fingerprint density at radius 1 is 0.872 bits per heavy atom. The second-order valence-corrected chi connectivity index (χ2v) is 11.5. The molecular weight excluding hydrogens is 485 g/mol. The molecule has 0 radical (unpaired) electrons. The smallest absolute Gasteiger partial charge is 0.226 e. The Balaban J connectivity index is 0.000000983. The predicted octanol–water partition coefficient (Wildman–Crippen LogP) is 7.24. The molecule has 3 aromatic rings. The minimum absolute atomic E-state index is 0.148. The van der Waals surface area contributed by atoms with Crippen molar-refractivity contribution in [3.63, 3.8) is 0 Å². The Hall–Kier alpha value is -3.05. The monoisotopic (exact) mass is 527 g/mol. The molecule has 0 bridgehead atoms. The quantitative estimate of drug-likeness (QED) is 0.359. The lowest BCUT2D eigenvalue weighted by Crippen LogP contribution is -2.41. The van der Waals surface area contributed by atoms with Crippen LogP contribution in [0, 0.1) is 11.7 Å². The van der Waals surface area contributed by atoms with Crippen LogP contribution in [-0.2, 0) is 17.8 Å². The molecule has 1 aliphatic carbocycles. The molecule has 1 saturated heterocycles. The standard InChI is InChI=1S/C31H34FN3O.C3H8/c32-29-6-3-22(4-7-29)25-11-16-34(17-12-25)30-8-5-27(20-30)31(36)35-18-13-23-1-2-26(19-28(23)21-35)24-9-14-33-15-10-24;1-3-2/h1-4,6-7,9-10,14-15,19,25,27,30H,5,8,11-13,16-18,20-21H2;3H2,1-2H3/t27-,30?;/m0./s1. The Morgan fingerprint density at radius 3 is 2.31 bits per heavy atom. The fourth-order valence-electron chi connectivity index (χ4n) is 6.57. The molecule has 2 aromatic carbocycles. The third-order valence-corrected chi connectivity index (χ3v) is 8.69. The number of hydrogen-bond acceptors (Lipinski definition) is 3. The third-order valence-electron chi connectivity index (χ3n) is 8.69. The number of halogens is 1. The van der Waals surface area contributed by atoms with Crippen molar-refractivity contribution >= 4 is 5.91 Å². The van der Waals surface area contributed by atoms with Gasteiger partial charge in [-0.3, -0.25) is 9.78 Å². The lowest BCUT2D eigenvalue weighted by Gasteiger charge is -2.36. The van der Waals surface area contributed by atoms with Crippen LogP contribution in [0.25, 0.3) is 11.1 Å². The van der Waals surface area contributed by atoms with Gasteiger partial charge in [-0.2, -0.15) is 0 Å². The van der Waals surface area contributed by atoms with Gasteiger partial charge in [-0.05, 0) is 116 Å². The van der Waals surface area contributed by atoms with Gasteiger partial charge >= 0.3 is 0 Å². The SMILES string of the molecule is CCC.O=C([C@H]1CCC(N2CCC(c3ccc(F)cc3)CC2)C1)N1CCc2ccc(-c3ccncc3)cc2C1. The summed E-state index contributed by atoms with van der Waals surface area (Å²) in [7, 11) is 0. The lowest BCUT2D eigenvalue weighted by molar-refractivity contribution is -0.136. The zero-order chi connectivity index (χ0) is 27.2. The van der Waals surface area contributed by atoms with Crippen molar-refractivity contribution < 1.29 is 9.18 Å². The molecule has 3 heterocycles. The van der Waals surface area contributed by atoms with Crippen LogP contribution >= 0.6 is 0 Å².